The predicted octanol–water partition coefficient (Wildman–Crippen LogP) is 7.70. The van der Waals surface area contributed by atoms with Crippen LogP contribution in [0.5, 0.6) is 5.75 Å². The first-order chi connectivity index (χ1) is 16.8. The second-order valence-electron chi connectivity index (χ2n) is 8.05. The van der Waals surface area contributed by atoms with Gasteiger partial charge in [0, 0.05) is 17.1 Å². The van der Waals surface area contributed by atoms with Crippen LogP contribution < -0.4 is 10.2 Å². The normalized spacial score (nSPS) is 15.5. The van der Waals surface area contributed by atoms with E-state index in [0.29, 0.717) is 0 Å². The first kappa shape index (κ1) is 20.8. The molecule has 1 atom stereocenters. The highest BCUT2D eigenvalue weighted by molar-refractivity contribution is 7.22. The van der Waals surface area contributed by atoms with Crippen LogP contribution in [0.3, 0.4) is 0 Å². The molecule has 0 fully saturated rings. The maximum atomic E-state index is 6.49. The third-order valence-electron chi connectivity index (χ3n) is 5.92. The molecular formula is C28H21N3OS2. The zero-order valence-electron chi connectivity index (χ0n) is 18.4. The molecule has 0 amide bonds. The van der Waals surface area contributed by atoms with Crippen molar-refractivity contribution in [3.8, 4) is 5.75 Å². The van der Waals surface area contributed by atoms with Gasteiger partial charge in [0.1, 0.15) is 11.5 Å². The molecule has 0 unspecified atom stereocenters. The van der Waals surface area contributed by atoms with Crippen molar-refractivity contribution in [2.75, 3.05) is 5.43 Å². The van der Waals surface area contributed by atoms with Gasteiger partial charge < -0.3 is 4.74 Å². The number of nitrogens with zero attached hydrogens (tertiary/aromatic N) is 2. The standard InChI is InChI=1S/C28H21N3OS2/c1-18-9-2-3-10-19(18)26-20-11-4-6-13-23(20)32-27(25-15-8-16-33-25)21(26)17-29-31-28-30-22-12-5-7-14-24(22)34-28/h2-17,26H,1H3,(H,30,31)/t26-/m0/s1. The highest BCUT2D eigenvalue weighted by Gasteiger charge is 2.32. The van der Waals surface area contributed by atoms with Gasteiger partial charge in [0.2, 0.25) is 5.13 Å². The lowest BCUT2D eigenvalue weighted by molar-refractivity contribution is 0.490. The zero-order valence-corrected chi connectivity index (χ0v) is 20.1. The number of aryl methyl sites for hydroxylation is 1. The van der Waals surface area contributed by atoms with Crippen molar-refractivity contribution in [2.45, 2.75) is 12.8 Å². The van der Waals surface area contributed by atoms with E-state index in [9.17, 15) is 0 Å². The fourth-order valence-electron chi connectivity index (χ4n) is 4.34. The Morgan fingerprint density at radius 1 is 0.912 bits per heavy atom. The molecule has 0 radical (unpaired) electrons. The maximum absolute atomic E-state index is 6.49. The van der Waals surface area contributed by atoms with Crippen LogP contribution in [0, 0.1) is 6.92 Å². The molecule has 1 aliphatic rings. The average Bonchev–Trinajstić information content (AvgIpc) is 3.54. The average molecular weight is 480 g/mol. The minimum absolute atomic E-state index is 0.00386. The number of fused-ring (bicyclic) bond motifs is 2. The van der Waals surface area contributed by atoms with Crippen molar-refractivity contribution in [1.82, 2.24) is 4.98 Å². The quantitative estimate of drug-likeness (QED) is 0.207. The minimum Gasteiger partial charge on any atom is -0.455 e. The number of ether oxygens (including phenoxy) is 1. The largest absolute Gasteiger partial charge is 0.455 e. The molecule has 34 heavy (non-hydrogen) atoms. The Morgan fingerprint density at radius 3 is 2.53 bits per heavy atom. The number of thiophene rings is 1. The van der Waals surface area contributed by atoms with Crippen molar-refractivity contribution in [3.63, 3.8) is 0 Å². The summed E-state index contributed by atoms with van der Waals surface area (Å²) in [4.78, 5) is 5.72. The van der Waals surface area contributed by atoms with Gasteiger partial charge in [0.25, 0.3) is 0 Å². The van der Waals surface area contributed by atoms with Gasteiger partial charge in [0.15, 0.2) is 0 Å². The van der Waals surface area contributed by atoms with Crippen molar-refractivity contribution in [2.24, 2.45) is 5.10 Å². The van der Waals surface area contributed by atoms with Crippen LogP contribution in [0.2, 0.25) is 0 Å². The molecule has 1 aliphatic heterocycles. The number of hydrazone groups is 1. The number of nitrogens with one attached hydrogen (secondary N) is 1. The maximum Gasteiger partial charge on any atom is 0.204 e. The molecule has 3 heterocycles. The SMILES string of the molecule is Cc1ccccc1[C@@H]1C(C=NNc2nc3ccccc3s2)=C(c2cccs2)Oc2ccccc21. The van der Waals surface area contributed by atoms with Gasteiger partial charge in [-0.2, -0.15) is 5.10 Å². The molecule has 166 valence electrons. The number of para-hydroxylation sites is 2. The molecule has 2 aromatic heterocycles. The van der Waals surface area contributed by atoms with E-state index in [1.807, 2.05) is 42.6 Å². The lowest BCUT2D eigenvalue weighted by Crippen LogP contribution is -2.18. The Balaban J connectivity index is 1.47. The van der Waals surface area contributed by atoms with Gasteiger partial charge in [-0.3, -0.25) is 5.43 Å². The van der Waals surface area contributed by atoms with Gasteiger partial charge in [-0.1, -0.05) is 72.0 Å². The van der Waals surface area contributed by atoms with Crippen LogP contribution in [0.1, 0.15) is 27.5 Å². The molecular weight excluding hydrogens is 458 g/mol. The summed E-state index contributed by atoms with van der Waals surface area (Å²) in [5.74, 6) is 1.73. The topological polar surface area (TPSA) is 46.5 Å². The molecule has 5 aromatic rings. The lowest BCUT2D eigenvalue weighted by Gasteiger charge is -2.30. The molecule has 0 spiro atoms. The van der Waals surface area contributed by atoms with Crippen molar-refractivity contribution >= 4 is 50.0 Å². The zero-order chi connectivity index (χ0) is 22.9. The molecule has 6 rings (SSSR count). The van der Waals surface area contributed by atoms with Crippen LogP contribution in [0.4, 0.5) is 5.13 Å². The minimum atomic E-state index is 0.00386. The number of thiazole rings is 1. The number of hydrogen-bond acceptors (Lipinski definition) is 6. The molecule has 1 N–H and O–H groups in total. The second kappa shape index (κ2) is 8.89. The van der Waals surface area contributed by atoms with Crippen LogP contribution in [0.15, 0.2) is 101 Å². The van der Waals surface area contributed by atoms with E-state index in [4.69, 9.17) is 4.74 Å². The van der Waals surface area contributed by atoms with E-state index in [1.165, 1.54) is 11.1 Å². The number of rotatable bonds is 5. The van der Waals surface area contributed by atoms with Crippen LogP contribution in [-0.4, -0.2) is 11.2 Å². The first-order valence-corrected chi connectivity index (χ1v) is 12.7. The second-order valence-corrected chi connectivity index (χ2v) is 10.0. The summed E-state index contributed by atoms with van der Waals surface area (Å²) < 4.78 is 7.62. The third kappa shape index (κ3) is 3.81. The van der Waals surface area contributed by atoms with E-state index >= 15 is 0 Å². The Morgan fingerprint density at radius 2 is 1.71 bits per heavy atom. The Kier molecular flexibility index (Phi) is 5.45. The molecule has 0 saturated heterocycles. The Bertz CT molecular complexity index is 1500. The van der Waals surface area contributed by atoms with E-state index in [0.717, 1.165) is 42.9 Å². The van der Waals surface area contributed by atoms with Gasteiger partial charge in [-0.05, 0) is 47.7 Å². The van der Waals surface area contributed by atoms with Crippen LogP contribution in [0.25, 0.3) is 16.0 Å². The number of anilines is 1. The van der Waals surface area contributed by atoms with Crippen molar-refractivity contribution in [1.29, 1.82) is 0 Å². The fraction of sp³-hybridized carbons (Fsp3) is 0.0714. The van der Waals surface area contributed by atoms with Crippen molar-refractivity contribution in [3.05, 3.63) is 117 Å². The Hall–Kier alpha value is -3.74. The Labute approximate surface area is 205 Å². The molecule has 0 bridgehead atoms. The molecule has 4 nitrogen and oxygen atoms in total. The summed E-state index contributed by atoms with van der Waals surface area (Å²) in [6, 6.07) is 29.1. The molecule has 6 heteroatoms. The van der Waals surface area contributed by atoms with Gasteiger partial charge >= 0.3 is 0 Å². The number of aromatic nitrogens is 1. The summed E-state index contributed by atoms with van der Waals surface area (Å²) in [6.07, 6.45) is 1.90. The monoisotopic (exact) mass is 479 g/mol. The summed E-state index contributed by atoms with van der Waals surface area (Å²) in [6.45, 7) is 2.16. The van der Waals surface area contributed by atoms with Crippen LogP contribution >= 0.6 is 22.7 Å². The molecule has 0 saturated carbocycles. The van der Waals surface area contributed by atoms with E-state index < -0.39 is 0 Å². The summed E-state index contributed by atoms with van der Waals surface area (Å²) >= 11 is 3.26. The van der Waals surface area contributed by atoms with Crippen LogP contribution in [-0.2, 0) is 0 Å². The third-order valence-corrected chi connectivity index (χ3v) is 7.73. The summed E-state index contributed by atoms with van der Waals surface area (Å²) in [7, 11) is 0. The van der Waals surface area contributed by atoms with E-state index in [-0.39, 0.29) is 5.92 Å². The highest BCUT2D eigenvalue weighted by atomic mass is 32.1. The van der Waals surface area contributed by atoms with Crippen molar-refractivity contribution < 1.29 is 4.74 Å². The number of allylic oxidation sites excluding steroid dienone is 1. The first-order valence-electron chi connectivity index (χ1n) is 11.0. The smallest absolute Gasteiger partial charge is 0.204 e. The van der Waals surface area contributed by atoms with Gasteiger partial charge in [-0.15, -0.1) is 11.3 Å². The highest BCUT2D eigenvalue weighted by Crippen LogP contribution is 2.46. The van der Waals surface area contributed by atoms with Gasteiger partial charge in [0.05, 0.1) is 21.3 Å². The van der Waals surface area contributed by atoms with E-state index in [1.54, 1.807) is 22.7 Å². The summed E-state index contributed by atoms with van der Waals surface area (Å²) in [5, 5.41) is 7.48. The number of benzene rings is 3. The fourth-order valence-corrected chi connectivity index (χ4v) is 5.88. The number of hydrogen-bond donors (Lipinski definition) is 1. The predicted molar refractivity (Wildman–Crippen MR) is 143 cm³/mol. The van der Waals surface area contributed by atoms with Gasteiger partial charge in [-0.25, -0.2) is 4.98 Å². The molecule has 0 aliphatic carbocycles. The lowest BCUT2D eigenvalue weighted by atomic mass is 9.80. The molecule has 3 aromatic carbocycles. The van der Waals surface area contributed by atoms with E-state index in [2.05, 4.69) is 76.3 Å². The summed E-state index contributed by atoms with van der Waals surface area (Å²) in [5.41, 5.74) is 8.75.